The van der Waals surface area contributed by atoms with E-state index in [0.29, 0.717) is 17.3 Å². The third-order valence-electron chi connectivity index (χ3n) is 5.23. The van der Waals surface area contributed by atoms with Crippen LogP contribution in [0.25, 0.3) is 0 Å². The minimum atomic E-state index is -0.915. The highest BCUT2D eigenvalue weighted by atomic mass is 16.2. The first kappa shape index (κ1) is 12.7. The van der Waals surface area contributed by atoms with Gasteiger partial charge in [0.1, 0.15) is 5.54 Å². The summed E-state index contributed by atoms with van der Waals surface area (Å²) in [4.78, 5) is 14.6. The molecule has 0 radical (unpaired) electrons. The van der Waals surface area contributed by atoms with Gasteiger partial charge in [-0.15, -0.1) is 0 Å². The number of hydrogen-bond acceptors (Lipinski definition) is 2. The molecular weight excluding hydrogens is 236 g/mol. The molecule has 2 fully saturated rings. The van der Waals surface area contributed by atoms with Gasteiger partial charge >= 0.3 is 0 Å². The van der Waals surface area contributed by atoms with Crippen LogP contribution in [-0.4, -0.2) is 23.9 Å². The highest BCUT2D eigenvalue weighted by Gasteiger charge is 2.63. The van der Waals surface area contributed by atoms with Gasteiger partial charge in [0, 0.05) is 13.1 Å². The Balaban J connectivity index is 1.75. The second kappa shape index (κ2) is 3.83. The van der Waals surface area contributed by atoms with Crippen LogP contribution >= 0.6 is 0 Å². The summed E-state index contributed by atoms with van der Waals surface area (Å²) >= 11 is 0. The van der Waals surface area contributed by atoms with E-state index in [4.69, 9.17) is 5.73 Å². The average Bonchev–Trinajstić information content (AvgIpc) is 2.80. The number of amides is 1. The second-order valence-electron chi connectivity index (χ2n) is 6.81. The lowest BCUT2D eigenvalue weighted by Crippen LogP contribution is -2.51. The third-order valence-corrected chi connectivity index (χ3v) is 5.23. The van der Waals surface area contributed by atoms with Crippen molar-refractivity contribution in [3.05, 3.63) is 35.9 Å². The number of carbonyl (C=O) groups is 1. The van der Waals surface area contributed by atoms with Crippen molar-refractivity contribution in [3.8, 4) is 0 Å². The summed E-state index contributed by atoms with van der Waals surface area (Å²) in [6.45, 7) is 8.15. The summed E-state index contributed by atoms with van der Waals surface area (Å²) in [5.74, 6) is 1.40. The molecule has 3 rings (SSSR count). The van der Waals surface area contributed by atoms with Gasteiger partial charge in [0.15, 0.2) is 0 Å². The highest BCUT2D eigenvalue weighted by molar-refractivity contribution is 5.87. The van der Waals surface area contributed by atoms with Crippen molar-refractivity contribution < 1.29 is 4.79 Å². The number of fused-ring (bicyclic) bond motifs is 1. The second-order valence-corrected chi connectivity index (χ2v) is 6.81. The third kappa shape index (κ3) is 1.79. The summed E-state index contributed by atoms with van der Waals surface area (Å²) in [7, 11) is 0. The van der Waals surface area contributed by atoms with E-state index in [-0.39, 0.29) is 5.91 Å². The summed E-state index contributed by atoms with van der Waals surface area (Å²) < 4.78 is 0. The first-order chi connectivity index (χ1) is 8.85. The number of rotatable bonds is 2. The Morgan fingerprint density at radius 1 is 1.26 bits per heavy atom. The standard InChI is InChI=1S/C16H22N2O/c1-15(2)12-9-18(10-13(12)15)14(19)16(3,17)11-7-5-4-6-8-11/h4-8,12-13H,9-10,17H2,1-3H3. The Hall–Kier alpha value is -1.35. The molecule has 0 aromatic heterocycles. The van der Waals surface area contributed by atoms with Crippen LogP contribution in [-0.2, 0) is 10.3 Å². The molecule has 3 nitrogen and oxygen atoms in total. The lowest BCUT2D eigenvalue weighted by atomic mass is 9.91. The molecule has 3 atom stereocenters. The van der Waals surface area contributed by atoms with E-state index in [1.54, 1.807) is 0 Å². The van der Waals surface area contributed by atoms with E-state index < -0.39 is 5.54 Å². The van der Waals surface area contributed by atoms with E-state index in [0.717, 1.165) is 18.7 Å². The zero-order valence-corrected chi connectivity index (χ0v) is 11.9. The summed E-state index contributed by atoms with van der Waals surface area (Å²) in [5.41, 5.74) is 6.70. The maximum absolute atomic E-state index is 12.6. The van der Waals surface area contributed by atoms with Gasteiger partial charge in [-0.05, 0) is 29.7 Å². The molecule has 0 spiro atoms. The molecule has 1 aromatic carbocycles. The van der Waals surface area contributed by atoms with Gasteiger partial charge in [-0.25, -0.2) is 0 Å². The number of benzene rings is 1. The van der Waals surface area contributed by atoms with Gasteiger partial charge in [-0.1, -0.05) is 44.2 Å². The highest BCUT2D eigenvalue weighted by Crippen LogP contribution is 2.62. The fraction of sp³-hybridized carbons (Fsp3) is 0.562. The van der Waals surface area contributed by atoms with Crippen molar-refractivity contribution >= 4 is 5.91 Å². The number of nitrogens with two attached hydrogens (primary N) is 1. The van der Waals surface area contributed by atoms with Crippen LogP contribution < -0.4 is 5.73 Å². The van der Waals surface area contributed by atoms with Crippen LogP contribution in [0.2, 0.25) is 0 Å². The summed E-state index contributed by atoms with van der Waals surface area (Å²) in [5, 5.41) is 0. The lowest BCUT2D eigenvalue weighted by Gasteiger charge is -2.31. The molecule has 1 saturated heterocycles. The first-order valence-corrected chi connectivity index (χ1v) is 6.99. The van der Waals surface area contributed by atoms with Crippen molar-refractivity contribution in [1.29, 1.82) is 0 Å². The molecular formula is C16H22N2O. The van der Waals surface area contributed by atoms with Crippen molar-refractivity contribution in [3.63, 3.8) is 0 Å². The van der Waals surface area contributed by atoms with Crippen molar-refractivity contribution in [2.75, 3.05) is 13.1 Å². The van der Waals surface area contributed by atoms with Gasteiger partial charge in [0.25, 0.3) is 0 Å². The molecule has 1 amide bonds. The molecule has 1 aliphatic carbocycles. The fourth-order valence-corrected chi connectivity index (χ4v) is 3.53. The van der Waals surface area contributed by atoms with Crippen LogP contribution in [0.15, 0.2) is 30.3 Å². The molecule has 1 saturated carbocycles. The van der Waals surface area contributed by atoms with Crippen LogP contribution in [0.3, 0.4) is 0 Å². The fourth-order valence-electron chi connectivity index (χ4n) is 3.53. The van der Waals surface area contributed by atoms with E-state index in [2.05, 4.69) is 13.8 Å². The molecule has 2 N–H and O–H groups in total. The van der Waals surface area contributed by atoms with Crippen LogP contribution in [0.4, 0.5) is 0 Å². The minimum absolute atomic E-state index is 0.0571. The van der Waals surface area contributed by atoms with Crippen LogP contribution in [0, 0.1) is 17.3 Å². The topological polar surface area (TPSA) is 46.3 Å². The molecule has 1 aromatic rings. The largest absolute Gasteiger partial charge is 0.340 e. The van der Waals surface area contributed by atoms with E-state index in [1.165, 1.54) is 0 Å². The number of hydrogen-bond donors (Lipinski definition) is 1. The normalized spacial score (nSPS) is 30.6. The van der Waals surface area contributed by atoms with Gasteiger partial charge in [-0.3, -0.25) is 4.79 Å². The number of likely N-dealkylation sites (tertiary alicyclic amines) is 1. The van der Waals surface area contributed by atoms with Crippen molar-refractivity contribution in [2.45, 2.75) is 26.3 Å². The number of nitrogens with zero attached hydrogens (tertiary/aromatic N) is 1. The summed E-state index contributed by atoms with van der Waals surface area (Å²) in [6.07, 6.45) is 0. The first-order valence-electron chi connectivity index (χ1n) is 6.99. The van der Waals surface area contributed by atoms with Crippen molar-refractivity contribution in [1.82, 2.24) is 4.90 Å². The van der Waals surface area contributed by atoms with Crippen LogP contribution in [0.5, 0.6) is 0 Å². The maximum atomic E-state index is 12.6. The Bertz CT molecular complexity index is 493. The smallest absolute Gasteiger partial charge is 0.246 e. The van der Waals surface area contributed by atoms with Gasteiger partial charge in [0.05, 0.1) is 0 Å². The van der Waals surface area contributed by atoms with E-state index in [9.17, 15) is 4.79 Å². The zero-order valence-electron chi connectivity index (χ0n) is 11.9. The molecule has 19 heavy (non-hydrogen) atoms. The molecule has 1 heterocycles. The van der Waals surface area contributed by atoms with Gasteiger partial charge in [0.2, 0.25) is 5.91 Å². The molecule has 1 aliphatic heterocycles. The van der Waals surface area contributed by atoms with Gasteiger partial charge < -0.3 is 10.6 Å². The lowest BCUT2D eigenvalue weighted by molar-refractivity contribution is -0.136. The molecule has 2 aliphatic rings. The Kier molecular flexibility index (Phi) is 2.55. The Morgan fingerprint density at radius 3 is 2.32 bits per heavy atom. The van der Waals surface area contributed by atoms with Crippen LogP contribution in [0.1, 0.15) is 26.3 Å². The predicted octanol–water partition coefficient (Wildman–Crippen LogP) is 1.97. The van der Waals surface area contributed by atoms with Crippen molar-refractivity contribution in [2.24, 2.45) is 23.0 Å². The number of piperidine rings is 1. The predicted molar refractivity (Wildman–Crippen MR) is 75.3 cm³/mol. The molecule has 0 bridgehead atoms. The molecule has 3 heteroatoms. The monoisotopic (exact) mass is 258 g/mol. The number of carbonyl (C=O) groups excluding carboxylic acids is 1. The summed E-state index contributed by atoms with van der Waals surface area (Å²) in [6, 6.07) is 9.66. The van der Waals surface area contributed by atoms with Gasteiger partial charge in [-0.2, -0.15) is 0 Å². The molecule has 102 valence electrons. The molecule has 3 unspecified atom stereocenters. The SMILES string of the molecule is CC(N)(C(=O)N1CC2C(C1)C2(C)C)c1ccccc1. The Labute approximate surface area is 114 Å². The Morgan fingerprint density at radius 2 is 1.79 bits per heavy atom. The zero-order chi connectivity index (χ0) is 13.8. The maximum Gasteiger partial charge on any atom is 0.246 e. The average molecular weight is 258 g/mol. The van der Waals surface area contributed by atoms with E-state index >= 15 is 0 Å². The minimum Gasteiger partial charge on any atom is -0.340 e. The quantitative estimate of drug-likeness (QED) is 0.881. The van der Waals surface area contributed by atoms with E-state index in [1.807, 2.05) is 42.2 Å².